The van der Waals surface area contributed by atoms with E-state index >= 15 is 0 Å². The van der Waals surface area contributed by atoms with Gasteiger partial charge in [0.1, 0.15) is 0 Å². The predicted octanol–water partition coefficient (Wildman–Crippen LogP) is 15.7. The van der Waals surface area contributed by atoms with E-state index in [9.17, 15) is 0 Å². The van der Waals surface area contributed by atoms with E-state index in [-0.39, 0.29) is 0 Å². The van der Waals surface area contributed by atoms with Crippen molar-refractivity contribution in [2.45, 2.75) is 0 Å². The summed E-state index contributed by atoms with van der Waals surface area (Å²) in [5.41, 5.74) is 17.9. The number of fused-ring (bicyclic) bond motifs is 11. The zero-order valence-corrected chi connectivity index (χ0v) is 33.5. The Labute approximate surface area is 357 Å². The van der Waals surface area contributed by atoms with Gasteiger partial charge in [-0.2, -0.15) is 0 Å². The number of hydrogen-bond donors (Lipinski definition) is 0. The molecular weight excluding hydrogens is 751 g/mol. The molecule has 14 rings (SSSR count). The van der Waals surface area contributed by atoms with E-state index in [2.05, 4.69) is 221 Å². The predicted molar refractivity (Wildman–Crippen MR) is 261 cm³/mol. The van der Waals surface area contributed by atoms with Crippen molar-refractivity contribution < 1.29 is 0 Å². The molecule has 1 aliphatic carbocycles. The molecule has 0 radical (unpaired) electrons. The molecule has 3 heteroatoms. The lowest BCUT2D eigenvalue weighted by atomic mass is 9.98. The van der Waals surface area contributed by atoms with Gasteiger partial charge in [-0.3, -0.25) is 0 Å². The van der Waals surface area contributed by atoms with Crippen LogP contribution in [-0.2, 0) is 0 Å². The van der Waals surface area contributed by atoms with Gasteiger partial charge in [-0.25, -0.2) is 4.98 Å². The second kappa shape index (κ2) is 12.6. The Morgan fingerprint density at radius 3 is 1.69 bits per heavy atom. The van der Waals surface area contributed by atoms with Gasteiger partial charge in [0, 0.05) is 43.9 Å². The molecular formula is C59H35N3. The van der Waals surface area contributed by atoms with Crippen LogP contribution in [0.2, 0.25) is 0 Å². The molecule has 0 saturated heterocycles. The average molecular weight is 786 g/mol. The maximum absolute atomic E-state index is 5.20. The van der Waals surface area contributed by atoms with Crippen LogP contribution in [0.15, 0.2) is 212 Å². The first-order valence-electron chi connectivity index (χ1n) is 21.4. The fourth-order valence-electron chi connectivity index (χ4n) is 10.5. The van der Waals surface area contributed by atoms with Crippen LogP contribution in [-0.4, -0.2) is 14.1 Å². The molecule has 286 valence electrons. The molecule has 10 aromatic carbocycles. The molecule has 0 atom stereocenters. The van der Waals surface area contributed by atoms with Crippen LogP contribution in [0.1, 0.15) is 0 Å². The molecule has 0 aliphatic heterocycles. The van der Waals surface area contributed by atoms with Crippen LogP contribution in [0.5, 0.6) is 0 Å². The van der Waals surface area contributed by atoms with Gasteiger partial charge in [-0.15, -0.1) is 0 Å². The second-order valence-electron chi connectivity index (χ2n) is 16.8. The van der Waals surface area contributed by atoms with Crippen molar-refractivity contribution in [2.75, 3.05) is 0 Å². The number of para-hydroxylation sites is 3. The third-order valence-electron chi connectivity index (χ3n) is 13.4. The summed E-state index contributed by atoms with van der Waals surface area (Å²) in [6.45, 7) is 0. The minimum absolute atomic E-state index is 1.00. The highest BCUT2D eigenvalue weighted by molar-refractivity contribution is 6.16. The van der Waals surface area contributed by atoms with Crippen molar-refractivity contribution in [3.8, 4) is 56.0 Å². The molecule has 3 nitrogen and oxygen atoms in total. The summed E-state index contributed by atoms with van der Waals surface area (Å²) in [4.78, 5) is 5.20. The summed E-state index contributed by atoms with van der Waals surface area (Å²) >= 11 is 0. The third kappa shape index (κ3) is 4.79. The fraction of sp³-hybridized carbons (Fsp3) is 0. The van der Waals surface area contributed by atoms with Gasteiger partial charge in [0.05, 0.1) is 33.3 Å². The second-order valence-corrected chi connectivity index (χ2v) is 16.8. The molecule has 3 aromatic heterocycles. The smallest absolute Gasteiger partial charge is 0.0722 e. The van der Waals surface area contributed by atoms with Crippen molar-refractivity contribution in [1.82, 2.24) is 14.1 Å². The quantitative estimate of drug-likeness (QED) is 0.174. The standard InChI is InChI=1S/C59H35N3/c1-2-11-43(12-3-1)61-55-19-8-7-16-48(55)51-33-42-30-36(21-22-40(42)34-58(51)61)39-26-28-57-50(32-39)47-15-6-9-20-56(47)62(57)44-27-25-37-29-41(24-23-38(37)31-44)54-35-52-46-14-5-4-13-45(46)49-17-10-18-53(60-54)59(49)52/h1-35H. The van der Waals surface area contributed by atoms with Gasteiger partial charge in [0.25, 0.3) is 0 Å². The van der Waals surface area contributed by atoms with E-state index in [0.717, 1.165) is 22.5 Å². The van der Waals surface area contributed by atoms with E-state index in [1.165, 1.54) is 110 Å². The highest BCUT2D eigenvalue weighted by atomic mass is 15.0. The highest BCUT2D eigenvalue weighted by Gasteiger charge is 2.23. The zero-order chi connectivity index (χ0) is 40.5. The van der Waals surface area contributed by atoms with Gasteiger partial charge in [-0.1, -0.05) is 127 Å². The van der Waals surface area contributed by atoms with Gasteiger partial charge >= 0.3 is 0 Å². The Balaban J connectivity index is 0.858. The molecule has 0 saturated carbocycles. The number of nitrogens with zero attached hydrogens (tertiary/aromatic N) is 3. The lowest BCUT2D eigenvalue weighted by Gasteiger charge is -2.12. The molecule has 62 heavy (non-hydrogen) atoms. The van der Waals surface area contributed by atoms with Crippen molar-refractivity contribution in [2.24, 2.45) is 0 Å². The number of benzene rings is 10. The largest absolute Gasteiger partial charge is 0.309 e. The van der Waals surface area contributed by atoms with Crippen molar-refractivity contribution >= 4 is 76.1 Å². The van der Waals surface area contributed by atoms with E-state index in [1.54, 1.807) is 0 Å². The van der Waals surface area contributed by atoms with E-state index in [1.807, 2.05) is 0 Å². The summed E-state index contributed by atoms with van der Waals surface area (Å²) in [6.07, 6.45) is 0. The first kappa shape index (κ1) is 33.5. The SMILES string of the molecule is c1ccc(-n2c3ccccc3c3cc4cc(-c5ccc6c(c5)c5ccccc5n6-c5ccc6cc(-c7cc8c9c(cccc9n7)-c7ccccc7-8)ccc6c5)ccc4cc32)cc1. The van der Waals surface area contributed by atoms with Crippen LogP contribution >= 0.6 is 0 Å². The number of rotatable bonds is 4. The molecule has 0 spiro atoms. The van der Waals surface area contributed by atoms with Crippen molar-refractivity contribution in [3.63, 3.8) is 0 Å². The van der Waals surface area contributed by atoms with E-state index in [4.69, 9.17) is 4.98 Å². The van der Waals surface area contributed by atoms with Crippen LogP contribution in [0.25, 0.3) is 132 Å². The Morgan fingerprint density at radius 2 is 0.871 bits per heavy atom. The van der Waals surface area contributed by atoms with Crippen LogP contribution in [0, 0.1) is 0 Å². The Bertz CT molecular complexity index is 4040. The lowest BCUT2D eigenvalue weighted by molar-refractivity contribution is 1.18. The Morgan fingerprint density at radius 1 is 0.290 bits per heavy atom. The molecule has 0 bridgehead atoms. The highest BCUT2D eigenvalue weighted by Crippen LogP contribution is 2.48. The van der Waals surface area contributed by atoms with Crippen molar-refractivity contribution in [1.29, 1.82) is 0 Å². The first-order chi connectivity index (χ1) is 30.7. The first-order valence-corrected chi connectivity index (χ1v) is 21.4. The van der Waals surface area contributed by atoms with E-state index < -0.39 is 0 Å². The van der Waals surface area contributed by atoms with Gasteiger partial charge in [0.2, 0.25) is 0 Å². The molecule has 0 fully saturated rings. The van der Waals surface area contributed by atoms with Gasteiger partial charge < -0.3 is 9.13 Å². The monoisotopic (exact) mass is 785 g/mol. The summed E-state index contributed by atoms with van der Waals surface area (Å²) in [6, 6.07) is 78.0. The normalized spacial score (nSPS) is 12.2. The Hall–Kier alpha value is -8.27. The minimum Gasteiger partial charge on any atom is -0.309 e. The van der Waals surface area contributed by atoms with Crippen molar-refractivity contribution in [3.05, 3.63) is 212 Å². The van der Waals surface area contributed by atoms with Crippen LogP contribution in [0.4, 0.5) is 0 Å². The molecule has 3 heterocycles. The van der Waals surface area contributed by atoms with Crippen LogP contribution in [0.3, 0.4) is 0 Å². The molecule has 1 aliphatic rings. The third-order valence-corrected chi connectivity index (χ3v) is 13.4. The maximum Gasteiger partial charge on any atom is 0.0722 e. The summed E-state index contributed by atoms with van der Waals surface area (Å²) in [5, 5.41) is 11.1. The summed E-state index contributed by atoms with van der Waals surface area (Å²) in [7, 11) is 0. The topological polar surface area (TPSA) is 22.8 Å². The van der Waals surface area contributed by atoms with Gasteiger partial charge in [0.15, 0.2) is 0 Å². The van der Waals surface area contributed by atoms with E-state index in [0.29, 0.717) is 0 Å². The Kier molecular flexibility index (Phi) is 6.83. The zero-order valence-electron chi connectivity index (χ0n) is 33.5. The number of pyridine rings is 1. The lowest BCUT2D eigenvalue weighted by Crippen LogP contribution is -1.94. The maximum atomic E-state index is 5.20. The molecule has 0 amide bonds. The molecule has 13 aromatic rings. The average Bonchev–Trinajstić information content (AvgIpc) is 3.96. The molecule has 0 N–H and O–H groups in total. The summed E-state index contributed by atoms with van der Waals surface area (Å²) in [5.74, 6) is 0. The van der Waals surface area contributed by atoms with Crippen LogP contribution < -0.4 is 0 Å². The minimum atomic E-state index is 1.00. The fourth-order valence-corrected chi connectivity index (χ4v) is 10.5. The molecule has 0 unspecified atom stereocenters. The number of aromatic nitrogens is 3. The number of hydrogen-bond acceptors (Lipinski definition) is 1. The summed E-state index contributed by atoms with van der Waals surface area (Å²) < 4.78 is 4.81. The van der Waals surface area contributed by atoms with Gasteiger partial charge in [-0.05, 0) is 140 Å².